The Bertz CT molecular complexity index is 1060. The van der Waals surface area contributed by atoms with E-state index >= 15 is 0 Å². The van der Waals surface area contributed by atoms with Crippen molar-refractivity contribution in [2.45, 2.75) is 19.6 Å². The predicted molar refractivity (Wildman–Crippen MR) is 117 cm³/mol. The number of thioether (sulfide) groups is 1. The number of rotatable bonds is 4. The molecule has 3 aromatic rings. The van der Waals surface area contributed by atoms with Crippen LogP contribution < -0.4 is 10.2 Å². The van der Waals surface area contributed by atoms with E-state index < -0.39 is 11.9 Å². The van der Waals surface area contributed by atoms with Crippen LogP contribution >= 0.6 is 23.1 Å². The summed E-state index contributed by atoms with van der Waals surface area (Å²) in [5.41, 5.74) is 1.84. The quantitative estimate of drug-likeness (QED) is 0.599. The lowest BCUT2D eigenvalue weighted by atomic mass is 10.1. The van der Waals surface area contributed by atoms with Gasteiger partial charge in [-0.05, 0) is 42.3 Å². The molecule has 158 valence electrons. The smallest absolute Gasteiger partial charge is 0.370 e. The minimum absolute atomic E-state index is 0.219. The molecular weight excluding hydrogens is 431 g/mol. The van der Waals surface area contributed by atoms with Gasteiger partial charge in [-0.3, -0.25) is 4.79 Å². The summed E-state index contributed by atoms with van der Waals surface area (Å²) in [6.45, 7) is 4.16. The van der Waals surface area contributed by atoms with E-state index in [1.165, 1.54) is 11.8 Å². The zero-order valence-electron chi connectivity index (χ0n) is 16.3. The maximum atomic E-state index is 12.9. The molecule has 3 heterocycles. The van der Waals surface area contributed by atoms with Gasteiger partial charge in [-0.15, -0.1) is 11.3 Å². The van der Waals surface area contributed by atoms with E-state index in [1.807, 2.05) is 23.9 Å². The van der Waals surface area contributed by atoms with Crippen LogP contribution in [0.25, 0.3) is 10.2 Å². The lowest BCUT2D eigenvalue weighted by molar-refractivity contribution is -0.140. The average Bonchev–Trinajstić information content (AvgIpc) is 3.08. The van der Waals surface area contributed by atoms with E-state index in [2.05, 4.69) is 27.3 Å². The zero-order chi connectivity index (χ0) is 21.3. The third-order valence-corrected chi connectivity index (χ3v) is 7.21. The molecule has 0 radical (unpaired) electrons. The molecule has 2 aromatic heterocycles. The molecule has 0 spiro atoms. The molecule has 0 atom stereocenters. The number of thiophene rings is 1. The highest BCUT2D eigenvalue weighted by molar-refractivity contribution is 7.99. The molecule has 0 bridgehead atoms. The van der Waals surface area contributed by atoms with E-state index in [1.54, 1.807) is 6.92 Å². The van der Waals surface area contributed by atoms with Crippen molar-refractivity contribution in [3.05, 3.63) is 58.1 Å². The molecule has 0 aliphatic carbocycles. The molecule has 1 aliphatic rings. The van der Waals surface area contributed by atoms with Gasteiger partial charge in [-0.2, -0.15) is 24.9 Å². The Balaban J connectivity index is 1.44. The molecule has 1 aromatic carbocycles. The minimum Gasteiger partial charge on any atom is -0.370 e. The fraction of sp³-hybridized carbons (Fsp3) is 0.333. The molecule has 1 aliphatic heterocycles. The largest absolute Gasteiger partial charge is 0.433 e. The number of carbonyl (C=O) groups excluding carboxylic acids is 1. The number of aromatic nitrogens is 1. The van der Waals surface area contributed by atoms with Crippen LogP contribution in [-0.4, -0.2) is 35.5 Å². The molecule has 30 heavy (non-hydrogen) atoms. The number of hydrogen-bond donors (Lipinski definition) is 1. The Morgan fingerprint density at radius 1 is 1.13 bits per heavy atom. The zero-order valence-corrected chi connectivity index (χ0v) is 17.9. The summed E-state index contributed by atoms with van der Waals surface area (Å²) >= 11 is 2.95. The second kappa shape index (κ2) is 8.47. The Morgan fingerprint density at radius 3 is 2.50 bits per heavy atom. The molecule has 4 rings (SSSR count). The first-order chi connectivity index (χ1) is 14.3. The molecule has 1 N–H and O–H groups in total. The van der Waals surface area contributed by atoms with Gasteiger partial charge in [0.15, 0.2) is 0 Å². The number of aryl methyl sites for hydroxylation is 1. The number of amides is 1. The maximum absolute atomic E-state index is 12.9. The fourth-order valence-corrected chi connectivity index (χ4v) is 5.38. The van der Waals surface area contributed by atoms with Crippen molar-refractivity contribution in [3.63, 3.8) is 0 Å². The number of pyridine rings is 1. The lowest BCUT2D eigenvalue weighted by Crippen LogP contribution is -2.32. The summed E-state index contributed by atoms with van der Waals surface area (Å²) in [4.78, 5) is 19.3. The van der Waals surface area contributed by atoms with Crippen molar-refractivity contribution < 1.29 is 18.0 Å². The van der Waals surface area contributed by atoms with Crippen LogP contribution in [0.3, 0.4) is 0 Å². The Labute approximate surface area is 180 Å². The third-order valence-electron chi connectivity index (χ3n) is 5.07. The number of nitrogens with zero attached hydrogens (tertiary/aromatic N) is 2. The predicted octanol–water partition coefficient (Wildman–Crippen LogP) is 5.11. The second-order valence-corrected chi connectivity index (χ2v) is 9.28. The van der Waals surface area contributed by atoms with Crippen LogP contribution in [0.4, 0.5) is 18.9 Å². The second-order valence-electron chi connectivity index (χ2n) is 7.05. The molecule has 0 unspecified atom stereocenters. The molecule has 1 amide bonds. The first-order valence-electron chi connectivity index (χ1n) is 9.50. The van der Waals surface area contributed by atoms with Crippen LogP contribution in [0.1, 0.15) is 26.5 Å². The van der Waals surface area contributed by atoms with Crippen LogP contribution in [0, 0.1) is 6.92 Å². The van der Waals surface area contributed by atoms with Gasteiger partial charge in [0.25, 0.3) is 5.91 Å². The van der Waals surface area contributed by atoms with Gasteiger partial charge in [-0.1, -0.05) is 12.1 Å². The van der Waals surface area contributed by atoms with Gasteiger partial charge < -0.3 is 10.2 Å². The van der Waals surface area contributed by atoms with Crippen LogP contribution in [-0.2, 0) is 12.7 Å². The van der Waals surface area contributed by atoms with Gasteiger partial charge in [-0.25, -0.2) is 4.98 Å². The highest BCUT2D eigenvalue weighted by Crippen LogP contribution is 2.34. The van der Waals surface area contributed by atoms with Crippen LogP contribution in [0.2, 0.25) is 0 Å². The van der Waals surface area contributed by atoms with E-state index in [9.17, 15) is 18.0 Å². The summed E-state index contributed by atoms with van der Waals surface area (Å²) in [7, 11) is 0. The molecule has 4 nitrogen and oxygen atoms in total. The number of alkyl halides is 3. The number of benzene rings is 1. The molecule has 1 saturated heterocycles. The SMILES string of the molecule is Cc1c(C(=O)NCc2ccc(N3CCSCC3)cc2)sc2nc(C(F)(F)F)ccc12. The number of halogens is 3. The van der Waals surface area contributed by atoms with E-state index in [-0.39, 0.29) is 10.7 Å². The van der Waals surface area contributed by atoms with E-state index in [4.69, 9.17) is 0 Å². The normalized spacial score (nSPS) is 14.9. The van der Waals surface area contributed by atoms with Gasteiger partial charge >= 0.3 is 6.18 Å². The summed E-state index contributed by atoms with van der Waals surface area (Å²) in [5, 5.41) is 3.44. The first-order valence-corrected chi connectivity index (χ1v) is 11.5. The van der Waals surface area contributed by atoms with Crippen LogP contribution in [0.5, 0.6) is 0 Å². The highest BCUT2D eigenvalue weighted by Gasteiger charge is 2.33. The minimum atomic E-state index is -4.51. The fourth-order valence-electron chi connectivity index (χ4n) is 3.38. The number of hydrogen-bond acceptors (Lipinski definition) is 5. The summed E-state index contributed by atoms with van der Waals surface area (Å²) in [5.74, 6) is 1.96. The van der Waals surface area contributed by atoms with Crippen molar-refractivity contribution in [1.82, 2.24) is 10.3 Å². The first kappa shape index (κ1) is 21.0. The summed E-state index contributed by atoms with van der Waals surface area (Å²) in [6, 6.07) is 10.4. The molecule has 9 heteroatoms. The standard InChI is InChI=1S/C21H20F3N3OS2/c1-13-16-6-7-17(21(22,23)24)26-20(16)30-18(13)19(28)25-12-14-2-4-15(5-3-14)27-8-10-29-11-9-27/h2-7H,8-12H2,1H3,(H,25,28). The van der Waals surface area contributed by atoms with Crippen molar-refractivity contribution in [2.24, 2.45) is 0 Å². The Kier molecular flexibility index (Phi) is 5.92. The van der Waals surface area contributed by atoms with E-state index in [0.29, 0.717) is 22.4 Å². The topological polar surface area (TPSA) is 45.2 Å². The Hall–Kier alpha value is -2.26. The summed E-state index contributed by atoms with van der Waals surface area (Å²) < 4.78 is 38.7. The lowest BCUT2D eigenvalue weighted by Gasteiger charge is -2.28. The van der Waals surface area contributed by atoms with E-state index in [0.717, 1.165) is 47.6 Å². The highest BCUT2D eigenvalue weighted by atomic mass is 32.2. The molecular formula is C21H20F3N3OS2. The van der Waals surface area contributed by atoms with Crippen molar-refractivity contribution in [1.29, 1.82) is 0 Å². The van der Waals surface area contributed by atoms with Gasteiger partial charge in [0.2, 0.25) is 0 Å². The molecule has 1 fully saturated rings. The van der Waals surface area contributed by atoms with Gasteiger partial charge in [0.1, 0.15) is 10.5 Å². The number of nitrogens with one attached hydrogen (secondary N) is 1. The Morgan fingerprint density at radius 2 is 1.83 bits per heavy atom. The molecule has 0 saturated carbocycles. The van der Waals surface area contributed by atoms with Crippen molar-refractivity contribution in [2.75, 3.05) is 29.5 Å². The maximum Gasteiger partial charge on any atom is 0.433 e. The third kappa shape index (κ3) is 4.41. The average molecular weight is 452 g/mol. The van der Waals surface area contributed by atoms with Gasteiger partial charge in [0.05, 0.1) is 4.88 Å². The number of carbonyl (C=O) groups is 1. The van der Waals surface area contributed by atoms with Crippen molar-refractivity contribution in [3.8, 4) is 0 Å². The monoisotopic (exact) mass is 451 g/mol. The summed E-state index contributed by atoms with van der Waals surface area (Å²) in [6.07, 6.45) is -4.51. The number of fused-ring (bicyclic) bond motifs is 1. The van der Waals surface area contributed by atoms with Gasteiger partial charge in [0, 0.05) is 42.2 Å². The number of anilines is 1. The van der Waals surface area contributed by atoms with Crippen molar-refractivity contribution >= 4 is 44.9 Å². The van der Waals surface area contributed by atoms with Crippen LogP contribution in [0.15, 0.2) is 36.4 Å².